The number of nitrogens with one attached hydrogen (secondary N) is 1. The number of hydrogen-bond acceptors (Lipinski definition) is 6. The minimum absolute atomic E-state index is 0.211. The van der Waals surface area contributed by atoms with Crippen LogP contribution in [0.5, 0.6) is 0 Å². The van der Waals surface area contributed by atoms with Crippen LogP contribution in [-0.4, -0.2) is 33.3 Å². The quantitative estimate of drug-likeness (QED) is 0.347. The number of thiazole rings is 1. The molecule has 0 aliphatic heterocycles. The molecule has 0 saturated carbocycles. The van der Waals surface area contributed by atoms with E-state index in [1.807, 2.05) is 73.1 Å². The van der Waals surface area contributed by atoms with Crippen molar-refractivity contribution in [1.29, 1.82) is 0 Å². The van der Waals surface area contributed by atoms with Gasteiger partial charge in [0, 0.05) is 23.5 Å². The number of carbonyl (C=O) groups is 1. The molecule has 31 heavy (non-hydrogen) atoms. The number of aryl methyl sites for hydroxylation is 1. The van der Waals surface area contributed by atoms with Crippen molar-refractivity contribution in [1.82, 2.24) is 14.5 Å². The maximum absolute atomic E-state index is 13.2. The van der Waals surface area contributed by atoms with Gasteiger partial charge in [-0.25, -0.2) is 9.97 Å². The van der Waals surface area contributed by atoms with Crippen LogP contribution in [0.3, 0.4) is 0 Å². The van der Waals surface area contributed by atoms with Gasteiger partial charge in [0.2, 0.25) is 0 Å². The van der Waals surface area contributed by atoms with E-state index in [0.29, 0.717) is 22.0 Å². The van der Waals surface area contributed by atoms with Gasteiger partial charge in [0.25, 0.3) is 5.91 Å². The number of oxime groups is 1. The molecule has 0 saturated heterocycles. The summed E-state index contributed by atoms with van der Waals surface area (Å²) >= 11 is 1.38. The molecule has 0 spiro atoms. The zero-order valence-corrected chi connectivity index (χ0v) is 18.2. The maximum Gasteiger partial charge on any atom is 0.267 e. The normalized spacial score (nSPS) is 11.4. The van der Waals surface area contributed by atoms with Gasteiger partial charge in [-0.15, -0.1) is 11.3 Å². The van der Waals surface area contributed by atoms with Crippen LogP contribution in [0.2, 0.25) is 0 Å². The summed E-state index contributed by atoms with van der Waals surface area (Å²) in [5.41, 5.74) is 4.66. The smallest absolute Gasteiger partial charge is 0.267 e. The molecular formula is C23H21N5O2S. The van der Waals surface area contributed by atoms with Crippen LogP contribution in [0.4, 0.5) is 5.69 Å². The lowest BCUT2D eigenvalue weighted by Gasteiger charge is -2.13. The summed E-state index contributed by atoms with van der Waals surface area (Å²) in [4.78, 5) is 27.4. The Labute approximate surface area is 184 Å². The molecule has 0 aliphatic rings. The standard InChI is InChI=1S/C23H21N5O2S/c1-15(27-30-3)18-9-10-20(28-12-11-24-14-28)19(13-18)26-22(29)21-16(2)25-23(31-21)17-7-5-4-6-8-17/h4-14H,1-3H3,(H,26,29)/b27-15+. The zero-order valence-electron chi connectivity index (χ0n) is 17.4. The van der Waals surface area contributed by atoms with Crippen molar-refractivity contribution in [2.75, 3.05) is 12.4 Å². The van der Waals surface area contributed by atoms with Gasteiger partial charge in [-0.3, -0.25) is 4.79 Å². The van der Waals surface area contributed by atoms with Gasteiger partial charge < -0.3 is 14.7 Å². The lowest BCUT2D eigenvalue weighted by Crippen LogP contribution is -2.14. The number of anilines is 1. The van der Waals surface area contributed by atoms with E-state index < -0.39 is 0 Å². The van der Waals surface area contributed by atoms with Crippen molar-refractivity contribution in [3.8, 4) is 16.3 Å². The average molecular weight is 432 g/mol. The molecule has 8 heteroatoms. The second-order valence-electron chi connectivity index (χ2n) is 6.81. The highest BCUT2D eigenvalue weighted by Crippen LogP contribution is 2.29. The molecule has 1 amide bonds. The Bertz CT molecular complexity index is 1230. The molecule has 156 valence electrons. The molecule has 2 aromatic carbocycles. The topological polar surface area (TPSA) is 81.4 Å². The number of hydrogen-bond donors (Lipinski definition) is 1. The molecule has 0 aliphatic carbocycles. The number of nitrogens with zero attached hydrogens (tertiary/aromatic N) is 4. The first-order valence-electron chi connectivity index (χ1n) is 9.61. The van der Waals surface area contributed by atoms with E-state index in [2.05, 4.69) is 20.4 Å². The van der Waals surface area contributed by atoms with Gasteiger partial charge >= 0.3 is 0 Å². The molecule has 0 fully saturated rings. The second-order valence-corrected chi connectivity index (χ2v) is 7.81. The number of amides is 1. The Morgan fingerprint density at radius 2 is 2.00 bits per heavy atom. The molecule has 2 heterocycles. The fraction of sp³-hybridized carbons (Fsp3) is 0.130. The Morgan fingerprint density at radius 1 is 1.19 bits per heavy atom. The summed E-state index contributed by atoms with van der Waals surface area (Å²) in [6.45, 7) is 3.70. The van der Waals surface area contributed by atoms with E-state index in [4.69, 9.17) is 4.84 Å². The Hall–Kier alpha value is -3.78. The van der Waals surface area contributed by atoms with Crippen molar-refractivity contribution >= 4 is 28.6 Å². The fourth-order valence-corrected chi connectivity index (χ4v) is 4.13. The minimum Gasteiger partial charge on any atom is -0.399 e. The van der Waals surface area contributed by atoms with Gasteiger partial charge in [0.05, 0.1) is 29.1 Å². The van der Waals surface area contributed by atoms with E-state index in [-0.39, 0.29) is 5.91 Å². The SMILES string of the molecule is CO/N=C(\C)c1ccc(-n2ccnc2)c(NC(=O)c2sc(-c3ccccc3)nc2C)c1. The van der Waals surface area contributed by atoms with Crippen molar-refractivity contribution in [3.63, 3.8) is 0 Å². The molecule has 0 atom stereocenters. The fourth-order valence-electron chi connectivity index (χ4n) is 3.17. The lowest BCUT2D eigenvalue weighted by molar-refractivity contribution is 0.103. The Morgan fingerprint density at radius 3 is 2.71 bits per heavy atom. The van der Waals surface area contributed by atoms with E-state index in [9.17, 15) is 4.79 Å². The van der Waals surface area contributed by atoms with E-state index >= 15 is 0 Å². The minimum atomic E-state index is -0.211. The number of carbonyl (C=O) groups excluding carboxylic acids is 1. The van der Waals surface area contributed by atoms with Crippen LogP contribution in [-0.2, 0) is 4.84 Å². The first-order chi connectivity index (χ1) is 15.1. The molecule has 0 radical (unpaired) electrons. The van der Waals surface area contributed by atoms with E-state index in [1.54, 1.807) is 12.5 Å². The van der Waals surface area contributed by atoms with Crippen LogP contribution in [0, 0.1) is 6.92 Å². The number of imidazole rings is 1. The van der Waals surface area contributed by atoms with Gasteiger partial charge in [0.1, 0.15) is 17.0 Å². The lowest BCUT2D eigenvalue weighted by atomic mass is 10.1. The van der Waals surface area contributed by atoms with Crippen LogP contribution in [0.25, 0.3) is 16.3 Å². The second kappa shape index (κ2) is 8.93. The van der Waals surface area contributed by atoms with Crippen LogP contribution >= 0.6 is 11.3 Å². The van der Waals surface area contributed by atoms with Crippen LogP contribution in [0.15, 0.2) is 72.4 Å². The number of rotatable bonds is 6. The number of benzene rings is 2. The van der Waals surface area contributed by atoms with Crippen molar-refractivity contribution in [3.05, 3.63) is 83.4 Å². The molecule has 0 unspecified atom stereocenters. The van der Waals surface area contributed by atoms with Crippen LogP contribution < -0.4 is 5.32 Å². The van der Waals surface area contributed by atoms with E-state index in [1.165, 1.54) is 18.4 Å². The molecule has 7 nitrogen and oxygen atoms in total. The largest absolute Gasteiger partial charge is 0.399 e. The Balaban J connectivity index is 1.69. The van der Waals surface area contributed by atoms with Gasteiger partial charge in [0.15, 0.2) is 0 Å². The van der Waals surface area contributed by atoms with Crippen molar-refractivity contribution < 1.29 is 9.63 Å². The predicted octanol–water partition coefficient (Wildman–Crippen LogP) is 4.93. The predicted molar refractivity (Wildman–Crippen MR) is 123 cm³/mol. The molecule has 4 aromatic rings. The summed E-state index contributed by atoms with van der Waals surface area (Å²) in [5, 5.41) is 7.85. The molecule has 2 aromatic heterocycles. The summed E-state index contributed by atoms with van der Waals surface area (Å²) in [5.74, 6) is -0.211. The first-order valence-corrected chi connectivity index (χ1v) is 10.4. The van der Waals surface area contributed by atoms with Gasteiger partial charge in [-0.1, -0.05) is 41.6 Å². The zero-order chi connectivity index (χ0) is 21.8. The molecule has 0 bridgehead atoms. The molecular weight excluding hydrogens is 410 g/mol. The third-order valence-corrected chi connectivity index (χ3v) is 5.90. The van der Waals surface area contributed by atoms with Crippen molar-refractivity contribution in [2.45, 2.75) is 13.8 Å². The maximum atomic E-state index is 13.2. The Kier molecular flexibility index (Phi) is 5.90. The number of aromatic nitrogens is 3. The van der Waals surface area contributed by atoms with Crippen molar-refractivity contribution in [2.24, 2.45) is 5.16 Å². The first kappa shape index (κ1) is 20.5. The van der Waals surface area contributed by atoms with Gasteiger partial charge in [-0.2, -0.15) is 0 Å². The third-order valence-electron chi connectivity index (χ3n) is 4.70. The van der Waals surface area contributed by atoms with Crippen LogP contribution in [0.1, 0.15) is 27.9 Å². The summed E-state index contributed by atoms with van der Waals surface area (Å²) in [6.07, 6.45) is 5.20. The monoisotopic (exact) mass is 431 g/mol. The third kappa shape index (κ3) is 4.39. The molecule has 4 rings (SSSR count). The van der Waals surface area contributed by atoms with Gasteiger partial charge in [-0.05, 0) is 26.0 Å². The summed E-state index contributed by atoms with van der Waals surface area (Å²) in [6, 6.07) is 15.6. The highest BCUT2D eigenvalue weighted by Gasteiger charge is 2.18. The summed E-state index contributed by atoms with van der Waals surface area (Å²) in [7, 11) is 1.50. The molecule has 1 N–H and O–H groups in total. The highest BCUT2D eigenvalue weighted by atomic mass is 32.1. The highest BCUT2D eigenvalue weighted by molar-refractivity contribution is 7.17. The summed E-state index contributed by atoms with van der Waals surface area (Å²) < 4.78 is 1.84. The average Bonchev–Trinajstić information content (AvgIpc) is 3.44. The van der Waals surface area contributed by atoms with E-state index in [0.717, 1.165) is 21.8 Å².